The minimum atomic E-state index is 0.0219. The topological polar surface area (TPSA) is 39.7 Å². The van der Waals surface area contributed by atoms with Crippen molar-refractivity contribution in [1.82, 2.24) is 0 Å². The molecule has 0 spiro atoms. The summed E-state index contributed by atoms with van der Waals surface area (Å²) in [5.41, 5.74) is 0.996. The molecule has 0 amide bonds. The lowest BCUT2D eigenvalue weighted by molar-refractivity contribution is 0.110. The van der Waals surface area contributed by atoms with Crippen molar-refractivity contribution in [2.75, 3.05) is 31.7 Å². The molecule has 2 aromatic rings. The number of benzene rings is 2. The number of anilines is 1. The molecule has 0 radical (unpaired) electrons. The quantitative estimate of drug-likeness (QED) is 0.634. The molecule has 0 heterocycles. The van der Waals surface area contributed by atoms with Crippen LogP contribution in [0.5, 0.6) is 11.5 Å². The maximum atomic E-state index is 5.87. The van der Waals surface area contributed by atoms with Crippen molar-refractivity contribution in [3.63, 3.8) is 0 Å². The van der Waals surface area contributed by atoms with E-state index in [0.29, 0.717) is 31.4 Å². The van der Waals surface area contributed by atoms with Crippen LogP contribution in [-0.4, -0.2) is 32.5 Å². The molecule has 1 N–H and O–H groups in total. The van der Waals surface area contributed by atoms with Crippen LogP contribution in [0.4, 0.5) is 5.69 Å². The van der Waals surface area contributed by atoms with Crippen molar-refractivity contribution < 1.29 is 14.2 Å². The number of hydrogen-bond donors (Lipinski definition) is 1. The zero-order chi connectivity index (χ0) is 17.2. The van der Waals surface area contributed by atoms with Crippen molar-refractivity contribution in [3.8, 4) is 11.5 Å². The highest BCUT2D eigenvalue weighted by Crippen LogP contribution is 2.19. The Balaban J connectivity index is 1.77. The van der Waals surface area contributed by atoms with E-state index in [1.807, 2.05) is 62.4 Å². The van der Waals surface area contributed by atoms with Gasteiger partial charge in [-0.15, -0.1) is 0 Å². The average Bonchev–Trinajstić information content (AvgIpc) is 2.59. The van der Waals surface area contributed by atoms with Crippen molar-refractivity contribution in [1.29, 1.82) is 0 Å². The molecule has 24 heavy (non-hydrogen) atoms. The summed E-state index contributed by atoms with van der Waals surface area (Å²) in [6.07, 6.45) is 0.0219. The number of rotatable bonds is 10. The largest absolute Gasteiger partial charge is 0.491 e. The first-order valence-electron chi connectivity index (χ1n) is 8.14. The molecule has 2 aromatic carbocycles. The molecule has 0 aliphatic heterocycles. The second-order valence-corrected chi connectivity index (χ2v) is 5.77. The fourth-order valence-corrected chi connectivity index (χ4v) is 2.23. The van der Waals surface area contributed by atoms with Gasteiger partial charge >= 0.3 is 0 Å². The highest BCUT2D eigenvalue weighted by Gasteiger charge is 2.05. The molecule has 0 aliphatic rings. The highest BCUT2D eigenvalue weighted by atomic mass is 35.5. The van der Waals surface area contributed by atoms with E-state index in [4.69, 9.17) is 25.8 Å². The average molecular weight is 350 g/mol. The lowest BCUT2D eigenvalue weighted by atomic mass is 10.3. The summed E-state index contributed by atoms with van der Waals surface area (Å²) in [4.78, 5) is 0. The van der Waals surface area contributed by atoms with Gasteiger partial charge in [-0.05, 0) is 50.2 Å². The summed E-state index contributed by atoms with van der Waals surface area (Å²) in [6.45, 7) is 6.52. The van der Waals surface area contributed by atoms with Gasteiger partial charge in [0.1, 0.15) is 24.2 Å². The van der Waals surface area contributed by atoms with Crippen LogP contribution < -0.4 is 14.8 Å². The highest BCUT2D eigenvalue weighted by molar-refractivity contribution is 6.30. The van der Waals surface area contributed by atoms with Crippen molar-refractivity contribution in [2.24, 2.45) is 0 Å². The Hall–Kier alpha value is -1.91. The Morgan fingerprint density at radius 1 is 1.04 bits per heavy atom. The molecule has 0 saturated carbocycles. The number of ether oxygens (including phenoxy) is 3. The van der Waals surface area contributed by atoms with Crippen LogP contribution in [0.15, 0.2) is 48.5 Å². The molecule has 4 nitrogen and oxygen atoms in total. The van der Waals surface area contributed by atoms with Crippen LogP contribution in [0.3, 0.4) is 0 Å². The second-order valence-electron chi connectivity index (χ2n) is 5.34. The molecular weight excluding hydrogens is 326 g/mol. The zero-order valence-electron chi connectivity index (χ0n) is 14.1. The summed E-state index contributed by atoms with van der Waals surface area (Å²) < 4.78 is 16.8. The van der Waals surface area contributed by atoms with E-state index in [1.165, 1.54) is 0 Å². The SMILES string of the molecule is CCOCCOc1cccc(NCC(C)Oc2ccc(Cl)cc2)c1. The molecule has 0 aromatic heterocycles. The van der Waals surface area contributed by atoms with Gasteiger partial charge in [-0.3, -0.25) is 0 Å². The van der Waals surface area contributed by atoms with Gasteiger partial charge in [0.25, 0.3) is 0 Å². The van der Waals surface area contributed by atoms with Gasteiger partial charge in [0.05, 0.1) is 13.2 Å². The summed E-state index contributed by atoms with van der Waals surface area (Å²) in [5, 5.41) is 4.06. The Labute approximate surface area is 148 Å². The van der Waals surface area contributed by atoms with Crippen molar-refractivity contribution in [2.45, 2.75) is 20.0 Å². The van der Waals surface area contributed by atoms with Gasteiger partial charge in [-0.1, -0.05) is 17.7 Å². The van der Waals surface area contributed by atoms with Gasteiger partial charge < -0.3 is 19.5 Å². The molecule has 0 bridgehead atoms. The third-order valence-corrected chi connectivity index (χ3v) is 3.53. The standard InChI is InChI=1S/C19H24ClNO3/c1-3-22-11-12-23-19-6-4-5-17(13-19)21-14-15(2)24-18-9-7-16(20)8-10-18/h4-10,13,15,21H,3,11-12,14H2,1-2H3. The van der Waals surface area contributed by atoms with Crippen LogP contribution in [0.25, 0.3) is 0 Å². The van der Waals surface area contributed by atoms with Crippen LogP contribution in [0, 0.1) is 0 Å². The molecule has 130 valence electrons. The Morgan fingerprint density at radius 3 is 2.58 bits per heavy atom. The lowest BCUT2D eigenvalue weighted by Gasteiger charge is -2.16. The number of halogens is 1. The van der Waals surface area contributed by atoms with Crippen LogP contribution in [-0.2, 0) is 4.74 Å². The molecule has 1 unspecified atom stereocenters. The molecule has 0 fully saturated rings. The minimum Gasteiger partial charge on any atom is -0.491 e. The first-order chi connectivity index (χ1) is 11.7. The van der Waals surface area contributed by atoms with E-state index in [0.717, 1.165) is 17.2 Å². The maximum Gasteiger partial charge on any atom is 0.121 e. The Bertz CT molecular complexity index is 604. The molecule has 2 rings (SSSR count). The fraction of sp³-hybridized carbons (Fsp3) is 0.368. The third-order valence-electron chi connectivity index (χ3n) is 3.28. The Morgan fingerprint density at radius 2 is 1.83 bits per heavy atom. The molecule has 5 heteroatoms. The smallest absolute Gasteiger partial charge is 0.121 e. The summed E-state index contributed by atoms with van der Waals surface area (Å²) in [5.74, 6) is 1.63. The third kappa shape index (κ3) is 6.69. The van der Waals surface area contributed by atoms with Crippen molar-refractivity contribution in [3.05, 3.63) is 53.6 Å². The van der Waals surface area contributed by atoms with Crippen LogP contribution in [0.2, 0.25) is 5.02 Å². The van der Waals surface area contributed by atoms with E-state index in [1.54, 1.807) is 0 Å². The van der Waals surface area contributed by atoms with E-state index in [2.05, 4.69) is 5.32 Å². The van der Waals surface area contributed by atoms with Crippen molar-refractivity contribution >= 4 is 17.3 Å². The fourth-order valence-electron chi connectivity index (χ4n) is 2.11. The molecule has 1 atom stereocenters. The maximum absolute atomic E-state index is 5.87. The van der Waals surface area contributed by atoms with E-state index in [-0.39, 0.29) is 6.10 Å². The lowest BCUT2D eigenvalue weighted by Crippen LogP contribution is -2.22. The normalized spacial score (nSPS) is 11.8. The zero-order valence-corrected chi connectivity index (χ0v) is 14.9. The monoisotopic (exact) mass is 349 g/mol. The van der Waals surface area contributed by atoms with Crippen LogP contribution in [0.1, 0.15) is 13.8 Å². The number of hydrogen-bond acceptors (Lipinski definition) is 4. The first-order valence-corrected chi connectivity index (χ1v) is 8.52. The van der Waals surface area contributed by atoms with Gasteiger partial charge in [0.2, 0.25) is 0 Å². The van der Waals surface area contributed by atoms with E-state index >= 15 is 0 Å². The predicted octanol–water partition coefficient (Wildman–Crippen LogP) is 4.63. The predicted molar refractivity (Wildman–Crippen MR) is 98.5 cm³/mol. The minimum absolute atomic E-state index is 0.0219. The van der Waals surface area contributed by atoms with Gasteiger partial charge in [0, 0.05) is 23.4 Å². The summed E-state index contributed by atoms with van der Waals surface area (Å²) in [7, 11) is 0. The van der Waals surface area contributed by atoms with Gasteiger partial charge in [0.15, 0.2) is 0 Å². The molecular formula is C19H24ClNO3. The second kappa shape index (κ2) is 10.1. The molecule has 0 aliphatic carbocycles. The Kier molecular flexibility index (Phi) is 7.72. The van der Waals surface area contributed by atoms with E-state index in [9.17, 15) is 0 Å². The summed E-state index contributed by atoms with van der Waals surface area (Å²) in [6, 6.07) is 15.2. The molecule has 0 saturated heterocycles. The van der Waals surface area contributed by atoms with Crippen LogP contribution >= 0.6 is 11.6 Å². The van der Waals surface area contributed by atoms with Gasteiger partial charge in [-0.2, -0.15) is 0 Å². The number of nitrogens with one attached hydrogen (secondary N) is 1. The summed E-state index contributed by atoms with van der Waals surface area (Å²) >= 11 is 5.87. The van der Waals surface area contributed by atoms with Gasteiger partial charge in [-0.25, -0.2) is 0 Å². The van der Waals surface area contributed by atoms with E-state index < -0.39 is 0 Å². The first kappa shape index (κ1) is 18.4.